The van der Waals surface area contributed by atoms with Crippen molar-refractivity contribution in [3.05, 3.63) is 74.9 Å². The number of halogens is 3. The van der Waals surface area contributed by atoms with Gasteiger partial charge in [0.15, 0.2) is 6.61 Å². The number of rotatable bonds is 6. The summed E-state index contributed by atoms with van der Waals surface area (Å²) in [5.74, 6) is 1.16. The van der Waals surface area contributed by atoms with Crippen molar-refractivity contribution < 1.29 is 13.9 Å². The fourth-order valence-electron chi connectivity index (χ4n) is 2.38. The van der Waals surface area contributed by atoms with Crippen LogP contribution in [0.15, 0.2) is 58.0 Å². The molecule has 3 rings (SSSR count). The quantitative estimate of drug-likeness (QED) is 0.395. The van der Waals surface area contributed by atoms with Gasteiger partial charge in [-0.15, -0.1) is 0 Å². The van der Waals surface area contributed by atoms with E-state index in [4.69, 9.17) is 44.0 Å². The van der Waals surface area contributed by atoms with Gasteiger partial charge in [0.05, 0.1) is 16.3 Å². The van der Waals surface area contributed by atoms with Crippen LogP contribution in [-0.4, -0.2) is 18.7 Å². The van der Waals surface area contributed by atoms with Gasteiger partial charge in [-0.2, -0.15) is 5.10 Å². The van der Waals surface area contributed by atoms with Crippen LogP contribution in [0, 0.1) is 6.92 Å². The zero-order chi connectivity index (χ0) is 20.1. The Balaban J connectivity index is 1.55. The van der Waals surface area contributed by atoms with Crippen LogP contribution in [0.5, 0.6) is 5.75 Å². The Hall–Kier alpha value is -2.47. The molecule has 1 amide bonds. The summed E-state index contributed by atoms with van der Waals surface area (Å²) in [5.41, 5.74) is 3.88. The fourth-order valence-corrected chi connectivity index (χ4v) is 3.00. The lowest BCUT2D eigenvalue weighted by Gasteiger charge is -2.08. The Bertz CT molecular complexity index is 1030. The molecule has 1 N–H and O–H groups in total. The molecule has 0 spiro atoms. The molecule has 0 saturated carbocycles. The Morgan fingerprint density at radius 3 is 2.79 bits per heavy atom. The van der Waals surface area contributed by atoms with Crippen molar-refractivity contribution in [3.63, 3.8) is 0 Å². The Morgan fingerprint density at radius 2 is 2.00 bits per heavy atom. The summed E-state index contributed by atoms with van der Waals surface area (Å²) in [6, 6.07) is 13.9. The van der Waals surface area contributed by atoms with E-state index in [9.17, 15) is 4.79 Å². The smallest absolute Gasteiger partial charge is 0.277 e. The van der Waals surface area contributed by atoms with Gasteiger partial charge in [-0.05, 0) is 55.0 Å². The van der Waals surface area contributed by atoms with E-state index < -0.39 is 5.91 Å². The topological polar surface area (TPSA) is 63.8 Å². The molecule has 0 aliphatic carbocycles. The van der Waals surface area contributed by atoms with E-state index in [1.807, 2.05) is 6.92 Å². The summed E-state index contributed by atoms with van der Waals surface area (Å²) in [6.45, 7) is 1.67. The van der Waals surface area contributed by atoms with Gasteiger partial charge in [-0.3, -0.25) is 4.79 Å². The van der Waals surface area contributed by atoms with E-state index in [1.165, 1.54) is 6.21 Å². The van der Waals surface area contributed by atoms with Crippen LogP contribution in [0.25, 0.3) is 11.3 Å². The first-order valence-corrected chi connectivity index (χ1v) is 9.32. The highest BCUT2D eigenvalue weighted by Crippen LogP contribution is 2.34. The summed E-state index contributed by atoms with van der Waals surface area (Å²) in [6.07, 6.45) is 1.38. The summed E-state index contributed by atoms with van der Waals surface area (Å²) in [5, 5.41) is 5.31. The Labute approximate surface area is 176 Å². The van der Waals surface area contributed by atoms with Crippen LogP contribution < -0.4 is 10.2 Å². The molecule has 8 heteroatoms. The first kappa shape index (κ1) is 20.3. The number of amides is 1. The maximum absolute atomic E-state index is 11.9. The summed E-state index contributed by atoms with van der Waals surface area (Å²) < 4.78 is 11.1. The van der Waals surface area contributed by atoms with Crippen LogP contribution >= 0.6 is 34.8 Å². The van der Waals surface area contributed by atoms with E-state index >= 15 is 0 Å². The third kappa shape index (κ3) is 5.07. The van der Waals surface area contributed by atoms with Gasteiger partial charge in [-0.25, -0.2) is 5.43 Å². The highest BCUT2D eigenvalue weighted by atomic mass is 35.5. The van der Waals surface area contributed by atoms with Gasteiger partial charge in [0.2, 0.25) is 0 Å². The van der Waals surface area contributed by atoms with Crippen LogP contribution in [0.2, 0.25) is 15.1 Å². The molecule has 5 nitrogen and oxygen atoms in total. The number of nitrogens with zero attached hydrogens (tertiary/aromatic N) is 1. The lowest BCUT2D eigenvalue weighted by molar-refractivity contribution is -0.123. The number of ether oxygens (including phenoxy) is 1. The molecule has 0 fully saturated rings. The molecular formula is C20H15Cl3N2O3. The third-order valence-corrected chi connectivity index (χ3v) is 4.77. The monoisotopic (exact) mass is 436 g/mol. The van der Waals surface area contributed by atoms with Gasteiger partial charge in [-0.1, -0.05) is 40.9 Å². The van der Waals surface area contributed by atoms with Crippen molar-refractivity contribution in [2.75, 3.05) is 6.61 Å². The zero-order valence-corrected chi connectivity index (χ0v) is 17.0. The predicted octanol–water partition coefficient (Wildman–Crippen LogP) is 5.74. The average molecular weight is 438 g/mol. The molecule has 144 valence electrons. The maximum Gasteiger partial charge on any atom is 0.277 e. The van der Waals surface area contributed by atoms with Crippen molar-refractivity contribution in [1.82, 2.24) is 5.43 Å². The number of carbonyl (C=O) groups excluding carboxylic acids is 1. The van der Waals surface area contributed by atoms with Gasteiger partial charge in [0.1, 0.15) is 17.3 Å². The molecule has 0 saturated heterocycles. The number of hydrazone groups is 1. The highest BCUT2D eigenvalue weighted by molar-refractivity contribution is 6.43. The molecule has 1 aromatic heterocycles. The molecule has 28 heavy (non-hydrogen) atoms. The molecule has 1 heterocycles. The van der Waals surface area contributed by atoms with E-state index in [0.717, 1.165) is 5.56 Å². The second-order valence-corrected chi connectivity index (χ2v) is 7.02. The summed E-state index contributed by atoms with van der Waals surface area (Å²) >= 11 is 18.1. The molecular weight excluding hydrogens is 423 g/mol. The molecule has 2 aromatic carbocycles. The molecule has 0 radical (unpaired) electrons. The van der Waals surface area contributed by atoms with Crippen molar-refractivity contribution in [3.8, 4) is 17.1 Å². The fraction of sp³-hybridized carbons (Fsp3) is 0.100. The standard InChI is InChI=1S/C20H15Cl3N2O3/c1-12-9-13(21)5-7-17(12)27-11-19(26)25-24-10-14-6-8-18(28-14)15-3-2-4-16(22)20(15)23/h2-10H,11H2,1H3,(H,25,26)/b24-10+. The number of hydrogen-bond donors (Lipinski definition) is 1. The first-order chi connectivity index (χ1) is 13.4. The number of aryl methyl sites for hydroxylation is 1. The van der Waals surface area contributed by atoms with Gasteiger partial charge < -0.3 is 9.15 Å². The minimum absolute atomic E-state index is 0.179. The average Bonchev–Trinajstić information content (AvgIpc) is 3.12. The minimum atomic E-state index is -0.407. The summed E-state index contributed by atoms with van der Waals surface area (Å²) in [7, 11) is 0. The SMILES string of the molecule is Cc1cc(Cl)ccc1OCC(=O)N/N=C/c1ccc(-c2cccc(Cl)c2Cl)o1. The van der Waals surface area contributed by atoms with Crippen LogP contribution in [-0.2, 0) is 4.79 Å². The van der Waals surface area contributed by atoms with Gasteiger partial charge in [0, 0.05) is 10.6 Å². The van der Waals surface area contributed by atoms with Crippen LogP contribution in [0.1, 0.15) is 11.3 Å². The van der Waals surface area contributed by atoms with E-state index in [1.54, 1.807) is 48.5 Å². The Morgan fingerprint density at radius 1 is 1.18 bits per heavy atom. The normalized spacial score (nSPS) is 11.0. The largest absolute Gasteiger partial charge is 0.483 e. The molecule has 0 bridgehead atoms. The van der Waals surface area contributed by atoms with Crippen molar-refractivity contribution >= 4 is 46.9 Å². The predicted molar refractivity (Wildman–Crippen MR) is 112 cm³/mol. The summed E-state index contributed by atoms with van der Waals surface area (Å²) in [4.78, 5) is 11.9. The highest BCUT2D eigenvalue weighted by Gasteiger charge is 2.10. The van der Waals surface area contributed by atoms with Crippen LogP contribution in [0.4, 0.5) is 0 Å². The molecule has 0 unspecified atom stereocenters. The van der Waals surface area contributed by atoms with Crippen molar-refractivity contribution in [1.29, 1.82) is 0 Å². The van der Waals surface area contributed by atoms with E-state index in [2.05, 4.69) is 10.5 Å². The lowest BCUT2D eigenvalue weighted by atomic mass is 10.2. The van der Waals surface area contributed by atoms with Gasteiger partial charge in [0.25, 0.3) is 5.91 Å². The number of hydrogen-bond acceptors (Lipinski definition) is 4. The molecule has 0 aliphatic rings. The maximum atomic E-state index is 11.9. The molecule has 0 atom stereocenters. The number of benzene rings is 2. The lowest BCUT2D eigenvalue weighted by Crippen LogP contribution is -2.24. The Kier molecular flexibility index (Phi) is 6.62. The first-order valence-electron chi connectivity index (χ1n) is 8.19. The van der Waals surface area contributed by atoms with Crippen LogP contribution in [0.3, 0.4) is 0 Å². The zero-order valence-electron chi connectivity index (χ0n) is 14.7. The number of carbonyl (C=O) groups is 1. The second-order valence-electron chi connectivity index (χ2n) is 5.80. The third-order valence-electron chi connectivity index (χ3n) is 3.72. The molecule has 3 aromatic rings. The number of furan rings is 1. The number of nitrogens with one attached hydrogen (secondary N) is 1. The van der Waals surface area contributed by atoms with Gasteiger partial charge >= 0.3 is 0 Å². The van der Waals surface area contributed by atoms with E-state index in [0.29, 0.717) is 37.9 Å². The minimum Gasteiger partial charge on any atom is -0.483 e. The van der Waals surface area contributed by atoms with Crippen molar-refractivity contribution in [2.24, 2.45) is 5.10 Å². The molecule has 0 aliphatic heterocycles. The van der Waals surface area contributed by atoms with Crippen molar-refractivity contribution in [2.45, 2.75) is 6.92 Å². The second kappa shape index (κ2) is 9.15. The van der Waals surface area contributed by atoms with E-state index in [-0.39, 0.29) is 6.61 Å².